The molecule has 0 aromatic rings. The van der Waals surface area contributed by atoms with Crippen LogP contribution < -0.4 is 0 Å². The van der Waals surface area contributed by atoms with E-state index in [0.29, 0.717) is 0 Å². The highest BCUT2D eigenvalue weighted by molar-refractivity contribution is 5.78. The van der Waals surface area contributed by atoms with Crippen molar-refractivity contribution in [1.82, 2.24) is 0 Å². The first-order valence-corrected chi connectivity index (χ1v) is 3.86. The zero-order valence-electron chi connectivity index (χ0n) is 6.30. The van der Waals surface area contributed by atoms with Crippen molar-refractivity contribution in [1.29, 1.82) is 0 Å². The average Bonchev–Trinajstić information content (AvgIpc) is 1.80. The van der Waals surface area contributed by atoms with Gasteiger partial charge in [-0.05, 0) is 25.7 Å². The minimum Gasteiger partial charge on any atom is -0.462 e. The fraction of sp³-hybridized carbons (Fsp3) is 0.750. The second kappa shape index (κ2) is 3.59. The van der Waals surface area contributed by atoms with Crippen molar-refractivity contribution in [3.8, 4) is 0 Å². The third kappa shape index (κ3) is 2.01. The Kier molecular flexibility index (Phi) is 2.72. The van der Waals surface area contributed by atoms with Crippen LogP contribution >= 0.6 is 0 Å². The molecule has 0 aromatic carbocycles. The molecule has 2 heteroatoms. The molecule has 0 spiro atoms. The van der Waals surface area contributed by atoms with Crippen LogP contribution in [0.1, 0.15) is 32.6 Å². The third-order valence-electron chi connectivity index (χ3n) is 1.71. The molecular weight excluding hydrogens is 128 g/mol. The fourth-order valence-electron chi connectivity index (χ4n) is 0.868. The fourth-order valence-corrected chi connectivity index (χ4v) is 0.868. The van der Waals surface area contributed by atoms with Gasteiger partial charge in [-0.15, -0.1) is 0 Å². The molecule has 1 saturated carbocycles. The number of carbonyl (C=O) groups is 1. The van der Waals surface area contributed by atoms with Gasteiger partial charge >= 0.3 is 5.97 Å². The quantitative estimate of drug-likeness (QED) is 0.559. The minimum atomic E-state index is -0.146. The van der Waals surface area contributed by atoms with Crippen LogP contribution in [0.4, 0.5) is 0 Å². The summed E-state index contributed by atoms with van der Waals surface area (Å²) < 4.78 is 5.03. The second-order valence-electron chi connectivity index (χ2n) is 2.60. The number of hydrogen-bond acceptors (Lipinski definition) is 2. The summed E-state index contributed by atoms with van der Waals surface area (Å²) in [6.45, 7) is 1.93. The molecule has 0 bridgehead atoms. The molecule has 0 aliphatic heterocycles. The van der Waals surface area contributed by atoms with E-state index in [4.69, 9.17) is 4.74 Å². The van der Waals surface area contributed by atoms with E-state index in [1.165, 1.54) is 6.42 Å². The molecule has 1 aliphatic carbocycles. The van der Waals surface area contributed by atoms with E-state index in [9.17, 15) is 4.79 Å². The summed E-state index contributed by atoms with van der Waals surface area (Å²) >= 11 is 0. The molecule has 0 atom stereocenters. The standard InChI is InChI=1S/C8H13O2/c1-2-4-8(9)10-7-5-3-6-7/h4,7H,2-3,5-6H2,1H3. The molecule has 0 N–H and O–H groups in total. The normalized spacial score (nSPS) is 18.1. The van der Waals surface area contributed by atoms with Crippen LogP contribution in [-0.2, 0) is 9.53 Å². The highest BCUT2D eigenvalue weighted by atomic mass is 16.5. The van der Waals surface area contributed by atoms with Crippen molar-refractivity contribution in [2.75, 3.05) is 0 Å². The maximum absolute atomic E-state index is 10.8. The van der Waals surface area contributed by atoms with Crippen molar-refractivity contribution in [2.24, 2.45) is 0 Å². The molecule has 0 aromatic heterocycles. The molecule has 0 saturated heterocycles. The van der Waals surface area contributed by atoms with E-state index in [1.54, 1.807) is 6.42 Å². The highest BCUT2D eigenvalue weighted by Gasteiger charge is 2.20. The SMILES string of the molecule is CC[CH]C(=O)OC1CCC1. The predicted molar refractivity (Wildman–Crippen MR) is 38.3 cm³/mol. The van der Waals surface area contributed by atoms with Gasteiger partial charge in [0.2, 0.25) is 0 Å². The number of ether oxygens (including phenoxy) is 1. The Morgan fingerprint density at radius 3 is 2.80 bits per heavy atom. The first kappa shape index (κ1) is 7.58. The van der Waals surface area contributed by atoms with E-state index < -0.39 is 0 Å². The van der Waals surface area contributed by atoms with E-state index in [-0.39, 0.29) is 12.1 Å². The van der Waals surface area contributed by atoms with Crippen LogP contribution in [0.3, 0.4) is 0 Å². The van der Waals surface area contributed by atoms with Gasteiger partial charge in [0.15, 0.2) is 0 Å². The van der Waals surface area contributed by atoms with Crippen molar-refractivity contribution >= 4 is 5.97 Å². The summed E-state index contributed by atoms with van der Waals surface area (Å²) in [5.41, 5.74) is 0. The lowest BCUT2D eigenvalue weighted by molar-refractivity contribution is -0.148. The summed E-state index contributed by atoms with van der Waals surface area (Å²) in [7, 11) is 0. The minimum absolute atomic E-state index is 0.146. The Morgan fingerprint density at radius 1 is 1.70 bits per heavy atom. The Hall–Kier alpha value is -0.530. The molecule has 1 aliphatic rings. The first-order valence-electron chi connectivity index (χ1n) is 3.86. The van der Waals surface area contributed by atoms with Gasteiger partial charge in [-0.25, -0.2) is 0 Å². The predicted octanol–water partition coefficient (Wildman–Crippen LogP) is 1.70. The molecule has 2 nitrogen and oxygen atoms in total. The smallest absolute Gasteiger partial charge is 0.310 e. The maximum Gasteiger partial charge on any atom is 0.310 e. The number of rotatable bonds is 3. The van der Waals surface area contributed by atoms with Crippen molar-refractivity contribution in [2.45, 2.75) is 38.7 Å². The zero-order chi connectivity index (χ0) is 7.40. The summed E-state index contributed by atoms with van der Waals surface area (Å²) in [4.78, 5) is 10.8. The van der Waals surface area contributed by atoms with Gasteiger partial charge in [-0.2, -0.15) is 0 Å². The largest absolute Gasteiger partial charge is 0.462 e. The maximum atomic E-state index is 10.8. The molecule has 1 fully saturated rings. The van der Waals surface area contributed by atoms with Gasteiger partial charge in [0.1, 0.15) is 6.10 Å². The van der Waals surface area contributed by atoms with Crippen molar-refractivity contribution < 1.29 is 9.53 Å². The van der Waals surface area contributed by atoms with Crippen molar-refractivity contribution in [3.05, 3.63) is 6.42 Å². The van der Waals surface area contributed by atoms with Gasteiger partial charge in [0, 0.05) is 0 Å². The van der Waals surface area contributed by atoms with Crippen LogP contribution in [0.5, 0.6) is 0 Å². The summed E-state index contributed by atoms with van der Waals surface area (Å²) in [6.07, 6.45) is 5.91. The van der Waals surface area contributed by atoms with Gasteiger partial charge in [-0.3, -0.25) is 4.79 Å². The molecule has 0 unspecified atom stereocenters. The van der Waals surface area contributed by atoms with Crippen LogP contribution in [0.2, 0.25) is 0 Å². The summed E-state index contributed by atoms with van der Waals surface area (Å²) in [5.74, 6) is -0.146. The topological polar surface area (TPSA) is 26.3 Å². The molecule has 1 radical (unpaired) electrons. The van der Waals surface area contributed by atoms with Crippen LogP contribution in [0.15, 0.2) is 0 Å². The lowest BCUT2D eigenvalue weighted by atomic mass is 9.96. The second-order valence-corrected chi connectivity index (χ2v) is 2.60. The molecule has 57 valence electrons. The molecule has 0 heterocycles. The lowest BCUT2D eigenvalue weighted by Gasteiger charge is -2.24. The van der Waals surface area contributed by atoms with E-state index in [0.717, 1.165) is 19.3 Å². The molecule has 10 heavy (non-hydrogen) atoms. The number of carbonyl (C=O) groups excluding carboxylic acids is 1. The molecule has 0 amide bonds. The monoisotopic (exact) mass is 141 g/mol. The first-order chi connectivity index (χ1) is 4.83. The number of esters is 1. The van der Waals surface area contributed by atoms with Gasteiger partial charge < -0.3 is 4.74 Å². The highest BCUT2D eigenvalue weighted by Crippen LogP contribution is 2.22. The van der Waals surface area contributed by atoms with Gasteiger partial charge in [-0.1, -0.05) is 6.92 Å². The average molecular weight is 141 g/mol. The summed E-state index contributed by atoms with van der Waals surface area (Å²) in [5, 5.41) is 0. The Bertz CT molecular complexity index is 116. The third-order valence-corrected chi connectivity index (χ3v) is 1.71. The Morgan fingerprint density at radius 2 is 2.40 bits per heavy atom. The van der Waals surface area contributed by atoms with Crippen LogP contribution in [-0.4, -0.2) is 12.1 Å². The Labute approximate surface area is 61.6 Å². The van der Waals surface area contributed by atoms with E-state index in [1.807, 2.05) is 6.92 Å². The molecular formula is C8H13O2. The lowest BCUT2D eigenvalue weighted by Crippen LogP contribution is -2.24. The molecule has 1 rings (SSSR count). The van der Waals surface area contributed by atoms with Crippen LogP contribution in [0.25, 0.3) is 0 Å². The van der Waals surface area contributed by atoms with Crippen molar-refractivity contribution in [3.63, 3.8) is 0 Å². The van der Waals surface area contributed by atoms with E-state index in [2.05, 4.69) is 0 Å². The van der Waals surface area contributed by atoms with Crippen LogP contribution in [0, 0.1) is 6.42 Å². The summed E-state index contributed by atoms with van der Waals surface area (Å²) in [6, 6.07) is 0. The Balaban J connectivity index is 2.05. The zero-order valence-corrected chi connectivity index (χ0v) is 6.30. The van der Waals surface area contributed by atoms with Gasteiger partial charge in [0.25, 0.3) is 0 Å². The number of hydrogen-bond donors (Lipinski definition) is 0. The van der Waals surface area contributed by atoms with Gasteiger partial charge in [0.05, 0.1) is 6.42 Å². The van der Waals surface area contributed by atoms with E-state index >= 15 is 0 Å².